The Hall–Kier alpha value is -1.17. The number of nitrogens with two attached hydrogens (primary N) is 1. The first kappa shape index (κ1) is 15.2. The highest BCUT2D eigenvalue weighted by Crippen LogP contribution is 2.17. The molecule has 0 bridgehead atoms. The maximum absolute atomic E-state index is 12.5. The van der Waals surface area contributed by atoms with Gasteiger partial charge in [0.1, 0.15) is 0 Å². The number of thiophene rings is 1. The van der Waals surface area contributed by atoms with Gasteiger partial charge < -0.3 is 10.6 Å². The summed E-state index contributed by atoms with van der Waals surface area (Å²) >= 11 is 1.68. The SMILES string of the molecule is C=CCN(Cc1cccs1)C(=O)CN1CCCC1CN. The van der Waals surface area contributed by atoms with Crippen LogP contribution in [0.2, 0.25) is 0 Å². The number of amides is 1. The first-order valence-electron chi connectivity index (χ1n) is 7.09. The van der Waals surface area contributed by atoms with Crippen LogP contribution in [0.25, 0.3) is 0 Å². The van der Waals surface area contributed by atoms with Gasteiger partial charge in [0.15, 0.2) is 0 Å². The monoisotopic (exact) mass is 293 g/mol. The number of carbonyl (C=O) groups is 1. The molecular weight excluding hydrogens is 270 g/mol. The van der Waals surface area contributed by atoms with Crippen LogP contribution < -0.4 is 5.73 Å². The molecule has 0 aliphatic carbocycles. The molecule has 1 aliphatic heterocycles. The fourth-order valence-electron chi connectivity index (χ4n) is 2.65. The first-order valence-corrected chi connectivity index (χ1v) is 7.97. The van der Waals surface area contributed by atoms with Crippen LogP contribution in [0.15, 0.2) is 30.2 Å². The molecule has 1 unspecified atom stereocenters. The van der Waals surface area contributed by atoms with E-state index in [1.165, 1.54) is 4.88 Å². The van der Waals surface area contributed by atoms with Crippen molar-refractivity contribution in [2.45, 2.75) is 25.4 Å². The summed E-state index contributed by atoms with van der Waals surface area (Å²) < 4.78 is 0. The molecule has 1 aromatic heterocycles. The van der Waals surface area contributed by atoms with Gasteiger partial charge in [0.05, 0.1) is 13.1 Å². The third-order valence-corrected chi connectivity index (χ3v) is 4.60. The lowest BCUT2D eigenvalue weighted by Crippen LogP contribution is -2.44. The van der Waals surface area contributed by atoms with Gasteiger partial charge in [-0.2, -0.15) is 0 Å². The van der Waals surface area contributed by atoms with Crippen LogP contribution in [0, 0.1) is 0 Å². The third-order valence-electron chi connectivity index (χ3n) is 3.74. The van der Waals surface area contributed by atoms with Crippen LogP contribution in [0.4, 0.5) is 0 Å². The van der Waals surface area contributed by atoms with Crippen LogP contribution in [-0.2, 0) is 11.3 Å². The Labute approximate surface area is 124 Å². The lowest BCUT2D eigenvalue weighted by atomic mass is 10.2. The zero-order chi connectivity index (χ0) is 14.4. The van der Waals surface area contributed by atoms with Crippen molar-refractivity contribution in [3.05, 3.63) is 35.0 Å². The minimum atomic E-state index is 0.165. The van der Waals surface area contributed by atoms with E-state index >= 15 is 0 Å². The molecule has 0 radical (unpaired) electrons. The van der Waals surface area contributed by atoms with Crippen molar-refractivity contribution in [3.63, 3.8) is 0 Å². The molecule has 0 aromatic carbocycles. The van der Waals surface area contributed by atoms with Crippen molar-refractivity contribution >= 4 is 17.2 Å². The molecule has 1 saturated heterocycles. The number of carbonyl (C=O) groups excluding carboxylic acids is 1. The molecule has 1 atom stereocenters. The van der Waals surface area contributed by atoms with Crippen molar-refractivity contribution in [1.29, 1.82) is 0 Å². The maximum atomic E-state index is 12.5. The predicted molar refractivity (Wildman–Crippen MR) is 83.6 cm³/mol. The van der Waals surface area contributed by atoms with Gasteiger partial charge in [0, 0.05) is 24.0 Å². The molecular formula is C15H23N3OS. The molecule has 1 aromatic rings. The Morgan fingerprint density at radius 2 is 2.50 bits per heavy atom. The average molecular weight is 293 g/mol. The fourth-order valence-corrected chi connectivity index (χ4v) is 3.36. The quantitative estimate of drug-likeness (QED) is 0.778. The van der Waals surface area contributed by atoms with Gasteiger partial charge in [-0.15, -0.1) is 17.9 Å². The molecule has 1 aliphatic rings. The minimum Gasteiger partial charge on any atom is -0.333 e. The van der Waals surface area contributed by atoms with Crippen molar-refractivity contribution in [2.24, 2.45) is 5.73 Å². The number of nitrogens with zero attached hydrogens (tertiary/aromatic N) is 2. The molecule has 2 heterocycles. The van der Waals surface area contributed by atoms with E-state index in [9.17, 15) is 4.79 Å². The van der Waals surface area contributed by atoms with Crippen LogP contribution in [-0.4, -0.2) is 47.9 Å². The number of hydrogen-bond acceptors (Lipinski definition) is 4. The Bertz CT molecular complexity index is 432. The highest BCUT2D eigenvalue weighted by atomic mass is 32.1. The second kappa shape index (κ2) is 7.57. The minimum absolute atomic E-state index is 0.165. The normalized spacial score (nSPS) is 19.1. The Balaban J connectivity index is 1.94. The van der Waals surface area contributed by atoms with Gasteiger partial charge in [-0.25, -0.2) is 0 Å². The first-order chi connectivity index (χ1) is 9.74. The molecule has 110 valence electrons. The van der Waals surface area contributed by atoms with E-state index < -0.39 is 0 Å². The zero-order valence-electron chi connectivity index (χ0n) is 11.8. The number of likely N-dealkylation sites (tertiary alicyclic amines) is 1. The molecule has 1 amide bonds. The molecule has 2 N–H and O–H groups in total. The van der Waals surface area contributed by atoms with Gasteiger partial charge >= 0.3 is 0 Å². The summed E-state index contributed by atoms with van der Waals surface area (Å²) in [6, 6.07) is 4.44. The van der Waals surface area contributed by atoms with E-state index in [0.717, 1.165) is 19.4 Å². The highest BCUT2D eigenvalue weighted by Gasteiger charge is 2.26. The summed E-state index contributed by atoms with van der Waals surface area (Å²) in [5, 5.41) is 2.04. The molecule has 4 nitrogen and oxygen atoms in total. The van der Waals surface area contributed by atoms with E-state index in [1.54, 1.807) is 17.4 Å². The van der Waals surface area contributed by atoms with Crippen LogP contribution >= 0.6 is 11.3 Å². The van der Waals surface area contributed by atoms with Gasteiger partial charge in [-0.1, -0.05) is 12.1 Å². The topological polar surface area (TPSA) is 49.6 Å². The standard InChI is InChI=1S/C15H23N3OS/c1-2-7-18(11-14-6-4-9-20-14)15(19)12-17-8-3-5-13(17)10-16/h2,4,6,9,13H,1,3,5,7-8,10-12,16H2. The van der Waals surface area contributed by atoms with E-state index in [1.807, 2.05) is 16.3 Å². The van der Waals surface area contributed by atoms with Crippen molar-refractivity contribution in [3.8, 4) is 0 Å². The maximum Gasteiger partial charge on any atom is 0.237 e. The molecule has 2 rings (SSSR count). The summed E-state index contributed by atoms with van der Waals surface area (Å²) in [6.45, 7) is 7.11. The molecule has 20 heavy (non-hydrogen) atoms. The van der Waals surface area contributed by atoms with E-state index in [0.29, 0.717) is 32.2 Å². The third kappa shape index (κ3) is 3.91. The molecule has 0 spiro atoms. The fraction of sp³-hybridized carbons (Fsp3) is 0.533. The predicted octanol–water partition coefficient (Wildman–Crippen LogP) is 1.69. The summed E-state index contributed by atoms with van der Waals surface area (Å²) in [5.74, 6) is 0.165. The average Bonchev–Trinajstić information content (AvgIpc) is 3.09. The van der Waals surface area contributed by atoms with Crippen molar-refractivity contribution in [2.75, 3.05) is 26.2 Å². The van der Waals surface area contributed by atoms with E-state index in [2.05, 4.69) is 17.5 Å². The number of hydrogen-bond donors (Lipinski definition) is 1. The van der Waals surface area contributed by atoms with Crippen LogP contribution in [0.3, 0.4) is 0 Å². The summed E-state index contributed by atoms with van der Waals surface area (Å²) in [4.78, 5) is 17.8. The smallest absolute Gasteiger partial charge is 0.237 e. The summed E-state index contributed by atoms with van der Waals surface area (Å²) in [6.07, 6.45) is 4.04. The summed E-state index contributed by atoms with van der Waals surface area (Å²) in [7, 11) is 0. The second-order valence-corrected chi connectivity index (χ2v) is 6.18. The van der Waals surface area contributed by atoms with Crippen LogP contribution in [0.5, 0.6) is 0 Å². The van der Waals surface area contributed by atoms with E-state index in [-0.39, 0.29) is 5.91 Å². The lowest BCUT2D eigenvalue weighted by molar-refractivity contribution is -0.132. The Morgan fingerprint density at radius 3 is 3.15 bits per heavy atom. The molecule has 1 fully saturated rings. The van der Waals surface area contributed by atoms with Crippen LogP contribution in [0.1, 0.15) is 17.7 Å². The second-order valence-electron chi connectivity index (χ2n) is 5.14. The van der Waals surface area contributed by atoms with Gasteiger partial charge in [0.2, 0.25) is 5.91 Å². The van der Waals surface area contributed by atoms with Crippen molar-refractivity contribution in [1.82, 2.24) is 9.80 Å². The highest BCUT2D eigenvalue weighted by molar-refractivity contribution is 7.09. The Kier molecular flexibility index (Phi) is 5.76. The number of rotatable bonds is 7. The van der Waals surface area contributed by atoms with E-state index in [4.69, 9.17) is 5.73 Å². The van der Waals surface area contributed by atoms with Gasteiger partial charge in [0.25, 0.3) is 0 Å². The summed E-state index contributed by atoms with van der Waals surface area (Å²) in [5.41, 5.74) is 5.76. The largest absolute Gasteiger partial charge is 0.333 e. The van der Waals surface area contributed by atoms with Gasteiger partial charge in [-0.05, 0) is 30.8 Å². The lowest BCUT2D eigenvalue weighted by Gasteiger charge is -2.27. The molecule has 0 saturated carbocycles. The Morgan fingerprint density at radius 1 is 1.65 bits per heavy atom. The van der Waals surface area contributed by atoms with Crippen molar-refractivity contribution < 1.29 is 4.79 Å². The zero-order valence-corrected chi connectivity index (χ0v) is 12.6. The van der Waals surface area contributed by atoms with Gasteiger partial charge in [-0.3, -0.25) is 9.69 Å². The molecule has 5 heteroatoms.